The molecule has 1 heterocycles. The van der Waals surface area contributed by atoms with Gasteiger partial charge < -0.3 is 14.0 Å². The lowest BCUT2D eigenvalue weighted by atomic mass is 9.97. The first-order chi connectivity index (χ1) is 12.5. The second kappa shape index (κ2) is 7.88. The van der Waals surface area contributed by atoms with Crippen molar-refractivity contribution in [1.29, 1.82) is 0 Å². The molecule has 3 rings (SSSR count). The Labute approximate surface area is 166 Å². The summed E-state index contributed by atoms with van der Waals surface area (Å²) in [7, 11) is 0. The van der Waals surface area contributed by atoms with Crippen molar-refractivity contribution >= 4 is 39.0 Å². The third-order valence-corrected chi connectivity index (χ3v) is 5.30. The van der Waals surface area contributed by atoms with Gasteiger partial charge in [0.1, 0.15) is 11.5 Å². The quantitative estimate of drug-likeness (QED) is 0.346. The summed E-state index contributed by atoms with van der Waals surface area (Å²) in [6.45, 7) is 6.45. The highest BCUT2D eigenvalue weighted by molar-refractivity contribution is 9.10. The number of halogens is 1. The van der Waals surface area contributed by atoms with Crippen LogP contribution in [-0.4, -0.2) is 29.2 Å². The van der Waals surface area contributed by atoms with Crippen molar-refractivity contribution in [2.75, 3.05) is 13.2 Å². The molecule has 1 aromatic heterocycles. The summed E-state index contributed by atoms with van der Waals surface area (Å²) in [5.41, 5.74) is 2.46. The molecule has 26 heavy (non-hydrogen) atoms. The first-order valence-electron chi connectivity index (χ1n) is 8.62. The zero-order valence-electron chi connectivity index (χ0n) is 14.9. The average Bonchev–Trinajstić information content (AvgIpc) is 3.36. The fourth-order valence-corrected chi connectivity index (χ4v) is 3.81. The number of carbonyl (C=O) groups is 1. The fourth-order valence-electron chi connectivity index (χ4n) is 2.85. The SMILES string of the molecule is CCOC(=O)c1noc(C2CC2)c1C(=S)c1ccc(Br)c(OCC)c1C. The van der Waals surface area contributed by atoms with Crippen molar-refractivity contribution < 1.29 is 18.8 Å². The largest absolute Gasteiger partial charge is 0.492 e. The van der Waals surface area contributed by atoms with Gasteiger partial charge in [-0.2, -0.15) is 0 Å². The van der Waals surface area contributed by atoms with Crippen molar-refractivity contribution in [3.8, 4) is 5.75 Å². The first kappa shape index (κ1) is 19.0. The average molecular weight is 438 g/mol. The molecule has 138 valence electrons. The number of hydrogen-bond donors (Lipinski definition) is 0. The van der Waals surface area contributed by atoms with E-state index in [-0.39, 0.29) is 18.2 Å². The summed E-state index contributed by atoms with van der Waals surface area (Å²) >= 11 is 9.27. The van der Waals surface area contributed by atoms with Crippen LogP contribution in [0, 0.1) is 6.92 Å². The highest BCUT2D eigenvalue weighted by atomic mass is 79.9. The molecule has 0 aliphatic heterocycles. The summed E-state index contributed by atoms with van der Waals surface area (Å²) in [4.78, 5) is 12.9. The molecule has 0 radical (unpaired) electrons. The Morgan fingerprint density at radius 2 is 2.08 bits per heavy atom. The summed E-state index contributed by atoms with van der Waals surface area (Å²) in [5, 5.41) is 3.97. The van der Waals surface area contributed by atoms with Gasteiger partial charge >= 0.3 is 5.97 Å². The van der Waals surface area contributed by atoms with Crippen LogP contribution in [0.5, 0.6) is 5.75 Å². The molecule has 1 aromatic carbocycles. The Balaban J connectivity index is 2.09. The summed E-state index contributed by atoms with van der Waals surface area (Å²) in [6.07, 6.45) is 2.02. The number of hydrogen-bond acceptors (Lipinski definition) is 6. The molecule has 0 bridgehead atoms. The van der Waals surface area contributed by atoms with Crippen molar-refractivity contribution in [3.63, 3.8) is 0 Å². The van der Waals surface area contributed by atoms with Gasteiger partial charge in [0.25, 0.3) is 0 Å². The van der Waals surface area contributed by atoms with E-state index in [1.54, 1.807) is 6.92 Å². The molecule has 5 nitrogen and oxygen atoms in total. The maximum Gasteiger partial charge on any atom is 0.361 e. The fraction of sp³-hybridized carbons (Fsp3) is 0.421. The molecule has 2 aromatic rings. The first-order valence-corrected chi connectivity index (χ1v) is 9.82. The minimum atomic E-state index is -0.514. The smallest absolute Gasteiger partial charge is 0.361 e. The molecular weight excluding hydrogens is 418 g/mol. The summed E-state index contributed by atoms with van der Waals surface area (Å²) in [5.74, 6) is 1.17. The van der Waals surface area contributed by atoms with Crippen LogP contribution in [0.15, 0.2) is 21.1 Å². The van der Waals surface area contributed by atoms with Gasteiger partial charge in [-0.25, -0.2) is 4.79 Å². The highest BCUT2D eigenvalue weighted by Crippen LogP contribution is 2.44. The van der Waals surface area contributed by atoms with Crippen LogP contribution < -0.4 is 4.74 Å². The molecule has 1 saturated carbocycles. The van der Waals surface area contributed by atoms with Crippen molar-refractivity contribution in [3.05, 3.63) is 44.7 Å². The standard InChI is InChI=1S/C19H20BrNO4S/c1-4-23-16-10(3)12(8-9-13(16)20)18(26)14-15(19(22)24-5-2)21-25-17(14)11-6-7-11/h8-9,11H,4-7H2,1-3H3. The Hall–Kier alpha value is -1.73. The molecule has 0 amide bonds. The van der Waals surface area contributed by atoms with Gasteiger partial charge in [0, 0.05) is 11.5 Å². The van der Waals surface area contributed by atoms with Crippen LogP contribution in [0.1, 0.15) is 65.5 Å². The maximum absolute atomic E-state index is 12.3. The van der Waals surface area contributed by atoms with Crippen molar-refractivity contribution in [2.24, 2.45) is 0 Å². The minimum Gasteiger partial charge on any atom is -0.492 e. The van der Waals surface area contributed by atoms with E-state index in [1.807, 2.05) is 26.0 Å². The number of aromatic nitrogens is 1. The van der Waals surface area contributed by atoms with E-state index < -0.39 is 5.97 Å². The van der Waals surface area contributed by atoms with Crippen LogP contribution in [0.25, 0.3) is 0 Å². The molecular formula is C19H20BrNO4S. The second-order valence-corrected chi connectivity index (χ2v) is 7.34. The van der Waals surface area contributed by atoms with Gasteiger partial charge in [-0.1, -0.05) is 23.4 Å². The third-order valence-electron chi connectivity index (χ3n) is 4.25. The number of rotatable bonds is 7. The van der Waals surface area contributed by atoms with E-state index in [9.17, 15) is 4.79 Å². The van der Waals surface area contributed by atoms with Gasteiger partial charge in [0.15, 0.2) is 5.69 Å². The van der Waals surface area contributed by atoms with Crippen LogP contribution >= 0.6 is 28.1 Å². The number of ether oxygens (including phenoxy) is 2. The van der Waals surface area contributed by atoms with Crippen LogP contribution in [0.2, 0.25) is 0 Å². The second-order valence-electron chi connectivity index (χ2n) is 6.08. The molecule has 1 aliphatic carbocycles. The van der Waals surface area contributed by atoms with E-state index in [2.05, 4.69) is 21.1 Å². The third kappa shape index (κ3) is 3.55. The highest BCUT2D eigenvalue weighted by Gasteiger charge is 2.36. The molecule has 1 aliphatic rings. The topological polar surface area (TPSA) is 61.6 Å². The summed E-state index contributed by atoms with van der Waals surface area (Å²) < 4.78 is 17.2. The lowest BCUT2D eigenvalue weighted by Gasteiger charge is -2.15. The van der Waals surface area contributed by atoms with Gasteiger partial charge in [0.05, 0.1) is 28.1 Å². The van der Waals surface area contributed by atoms with Crippen molar-refractivity contribution in [1.82, 2.24) is 5.16 Å². The van der Waals surface area contributed by atoms with E-state index in [0.717, 1.165) is 34.2 Å². The Morgan fingerprint density at radius 1 is 1.35 bits per heavy atom. The van der Waals surface area contributed by atoms with E-state index in [4.69, 9.17) is 26.2 Å². The molecule has 0 N–H and O–H groups in total. The number of benzene rings is 1. The molecule has 7 heteroatoms. The molecule has 0 spiro atoms. The van der Waals surface area contributed by atoms with Gasteiger partial charge in [-0.15, -0.1) is 0 Å². The Morgan fingerprint density at radius 3 is 2.69 bits per heavy atom. The molecule has 0 saturated heterocycles. The van der Waals surface area contributed by atoms with Gasteiger partial charge in [-0.3, -0.25) is 0 Å². The van der Waals surface area contributed by atoms with E-state index in [0.29, 0.717) is 22.8 Å². The monoisotopic (exact) mass is 437 g/mol. The molecule has 0 unspecified atom stereocenters. The predicted molar refractivity (Wildman–Crippen MR) is 105 cm³/mol. The minimum absolute atomic E-state index is 0.152. The normalized spacial score (nSPS) is 13.5. The van der Waals surface area contributed by atoms with E-state index in [1.165, 1.54) is 0 Å². The number of carbonyl (C=O) groups excluding carboxylic acids is 1. The lowest BCUT2D eigenvalue weighted by molar-refractivity contribution is 0.0514. The predicted octanol–water partition coefficient (Wildman–Crippen LogP) is 4.96. The molecule has 0 atom stereocenters. The zero-order valence-corrected chi connectivity index (χ0v) is 17.3. The number of thiocarbonyl (C=S) groups is 1. The summed E-state index contributed by atoms with van der Waals surface area (Å²) in [6, 6.07) is 3.82. The van der Waals surface area contributed by atoms with Gasteiger partial charge in [0.2, 0.25) is 0 Å². The zero-order chi connectivity index (χ0) is 18.8. The lowest BCUT2D eigenvalue weighted by Crippen LogP contribution is -2.13. The number of esters is 1. The number of nitrogens with zero attached hydrogens (tertiary/aromatic N) is 1. The van der Waals surface area contributed by atoms with Gasteiger partial charge in [-0.05, 0) is 61.2 Å². The van der Waals surface area contributed by atoms with E-state index >= 15 is 0 Å². The Kier molecular flexibility index (Phi) is 5.77. The maximum atomic E-state index is 12.3. The van der Waals surface area contributed by atoms with Crippen LogP contribution in [-0.2, 0) is 4.74 Å². The Bertz CT molecular complexity index is 857. The molecule has 1 fully saturated rings. The van der Waals surface area contributed by atoms with Crippen molar-refractivity contribution in [2.45, 2.75) is 39.5 Å². The van der Waals surface area contributed by atoms with Crippen LogP contribution in [0.3, 0.4) is 0 Å². The van der Waals surface area contributed by atoms with Crippen LogP contribution in [0.4, 0.5) is 0 Å².